The predicted octanol–water partition coefficient (Wildman–Crippen LogP) is 3.11. The highest BCUT2D eigenvalue weighted by Gasteiger charge is 2.31. The molecule has 0 N–H and O–H groups in total. The van der Waals surface area contributed by atoms with Gasteiger partial charge in [0.1, 0.15) is 5.82 Å². The molecular formula is C17H19FN2O2S. The molecule has 1 aliphatic heterocycles. The van der Waals surface area contributed by atoms with Gasteiger partial charge in [-0.1, -0.05) is 25.1 Å². The number of sulfonamides is 1. The molecule has 6 heteroatoms. The molecule has 2 aromatic carbocycles. The Morgan fingerprint density at radius 2 is 1.74 bits per heavy atom. The number of rotatable bonds is 2. The summed E-state index contributed by atoms with van der Waals surface area (Å²) in [5, 5.41) is 0. The molecule has 0 radical (unpaired) electrons. The highest BCUT2D eigenvalue weighted by atomic mass is 32.2. The molecule has 0 aromatic heterocycles. The first-order valence-corrected chi connectivity index (χ1v) is 8.92. The lowest BCUT2D eigenvalue weighted by atomic mass is 10.2. The van der Waals surface area contributed by atoms with Crippen molar-refractivity contribution in [2.75, 3.05) is 29.3 Å². The Balaban J connectivity index is 2.15. The van der Waals surface area contributed by atoms with Crippen LogP contribution in [-0.4, -0.2) is 28.6 Å². The van der Waals surface area contributed by atoms with E-state index in [9.17, 15) is 12.8 Å². The predicted molar refractivity (Wildman–Crippen MR) is 89.8 cm³/mol. The highest BCUT2D eigenvalue weighted by molar-refractivity contribution is 7.92. The molecule has 0 spiro atoms. The van der Waals surface area contributed by atoms with E-state index < -0.39 is 15.8 Å². The van der Waals surface area contributed by atoms with Gasteiger partial charge >= 0.3 is 0 Å². The Morgan fingerprint density at radius 1 is 1.04 bits per heavy atom. The van der Waals surface area contributed by atoms with Crippen LogP contribution in [0.3, 0.4) is 0 Å². The average molecular weight is 334 g/mol. The van der Waals surface area contributed by atoms with Gasteiger partial charge in [0.15, 0.2) is 0 Å². The summed E-state index contributed by atoms with van der Waals surface area (Å²) in [4.78, 5) is 2.03. The highest BCUT2D eigenvalue weighted by Crippen LogP contribution is 2.36. The molecule has 0 saturated carbocycles. The smallest absolute Gasteiger partial charge is 0.264 e. The normalized spacial score (nSPS) is 18.5. The fraction of sp³-hybridized carbons (Fsp3) is 0.294. The molecule has 0 fully saturated rings. The fourth-order valence-corrected chi connectivity index (χ4v) is 4.62. The van der Waals surface area contributed by atoms with Gasteiger partial charge in [-0.2, -0.15) is 0 Å². The van der Waals surface area contributed by atoms with E-state index in [0.29, 0.717) is 12.2 Å². The van der Waals surface area contributed by atoms with Gasteiger partial charge in [-0.3, -0.25) is 4.31 Å². The van der Waals surface area contributed by atoms with E-state index in [0.717, 1.165) is 18.3 Å². The van der Waals surface area contributed by atoms with Gasteiger partial charge in [0, 0.05) is 20.1 Å². The summed E-state index contributed by atoms with van der Waals surface area (Å²) >= 11 is 0. The third kappa shape index (κ3) is 2.91. The topological polar surface area (TPSA) is 40.6 Å². The summed E-state index contributed by atoms with van der Waals surface area (Å²) in [7, 11) is -1.86. The molecule has 0 bridgehead atoms. The molecular weight excluding hydrogens is 315 g/mol. The number of hydrogen-bond donors (Lipinski definition) is 0. The van der Waals surface area contributed by atoms with Crippen LogP contribution < -0.4 is 9.21 Å². The van der Waals surface area contributed by atoms with Crippen molar-refractivity contribution < 1.29 is 12.8 Å². The van der Waals surface area contributed by atoms with E-state index in [2.05, 4.69) is 4.90 Å². The number of hydrogen-bond acceptors (Lipinski definition) is 3. The van der Waals surface area contributed by atoms with Crippen molar-refractivity contribution in [1.29, 1.82) is 0 Å². The summed E-state index contributed by atoms with van der Waals surface area (Å²) in [6.07, 6.45) is 0. The summed E-state index contributed by atoms with van der Waals surface area (Å²) in [6.45, 7) is 3.13. The molecule has 23 heavy (non-hydrogen) atoms. The lowest BCUT2D eigenvalue weighted by molar-refractivity contribution is 0.565. The zero-order valence-corrected chi connectivity index (χ0v) is 13.9. The van der Waals surface area contributed by atoms with Crippen molar-refractivity contribution in [2.24, 2.45) is 5.92 Å². The maximum atomic E-state index is 13.5. The van der Waals surface area contributed by atoms with Crippen molar-refractivity contribution in [3.63, 3.8) is 0 Å². The third-order valence-corrected chi connectivity index (χ3v) is 5.78. The monoisotopic (exact) mass is 334 g/mol. The minimum atomic E-state index is -3.81. The molecule has 1 unspecified atom stereocenters. The van der Waals surface area contributed by atoms with Crippen molar-refractivity contribution in [1.82, 2.24) is 0 Å². The second kappa shape index (κ2) is 5.85. The van der Waals surface area contributed by atoms with Crippen LogP contribution in [0.5, 0.6) is 0 Å². The fourth-order valence-electron chi connectivity index (χ4n) is 2.99. The standard InChI is InChI=1S/C17H19FN2O2S/c1-13-11-19(2)16-8-3-4-9-17(16)20(12-13)23(21,22)15-7-5-6-14(18)10-15/h3-10,13H,11-12H2,1-2H3. The Hall–Kier alpha value is -2.08. The summed E-state index contributed by atoms with van der Waals surface area (Å²) in [6, 6.07) is 12.6. The molecule has 0 amide bonds. The molecule has 0 aliphatic carbocycles. The quantitative estimate of drug-likeness (QED) is 0.847. The minimum absolute atomic E-state index is 0.0240. The number of fused-ring (bicyclic) bond motifs is 1. The van der Waals surface area contributed by atoms with Crippen molar-refractivity contribution in [3.8, 4) is 0 Å². The van der Waals surface area contributed by atoms with E-state index in [1.165, 1.54) is 22.5 Å². The van der Waals surface area contributed by atoms with Crippen LogP contribution in [0.4, 0.5) is 15.8 Å². The SMILES string of the molecule is CC1CN(C)c2ccccc2N(S(=O)(=O)c2cccc(F)c2)C1. The van der Waals surface area contributed by atoms with Crippen LogP contribution in [0.15, 0.2) is 53.4 Å². The zero-order valence-electron chi connectivity index (χ0n) is 13.1. The summed E-state index contributed by atoms with van der Waals surface area (Å²) in [5.74, 6) is -0.407. The lowest BCUT2D eigenvalue weighted by Crippen LogP contribution is -2.35. The largest absolute Gasteiger partial charge is 0.373 e. The first-order valence-electron chi connectivity index (χ1n) is 7.48. The van der Waals surface area contributed by atoms with Crippen LogP contribution >= 0.6 is 0 Å². The molecule has 3 rings (SSSR count). The number of anilines is 2. The molecule has 1 atom stereocenters. The van der Waals surface area contributed by atoms with Crippen LogP contribution in [0.2, 0.25) is 0 Å². The number of para-hydroxylation sites is 2. The van der Waals surface area contributed by atoms with Crippen LogP contribution in [0.1, 0.15) is 6.92 Å². The van der Waals surface area contributed by atoms with Gasteiger partial charge in [0.05, 0.1) is 16.3 Å². The molecule has 1 aliphatic rings. The Labute approximate surface area is 136 Å². The maximum Gasteiger partial charge on any atom is 0.264 e. The van der Waals surface area contributed by atoms with Gasteiger partial charge in [-0.25, -0.2) is 12.8 Å². The third-order valence-electron chi connectivity index (χ3n) is 4.01. The first kappa shape index (κ1) is 15.8. The Morgan fingerprint density at radius 3 is 2.43 bits per heavy atom. The Kier molecular flexibility index (Phi) is 4.02. The van der Waals surface area contributed by atoms with E-state index in [-0.39, 0.29) is 10.8 Å². The van der Waals surface area contributed by atoms with Gasteiger partial charge < -0.3 is 4.90 Å². The summed E-state index contributed by atoms with van der Waals surface area (Å²) in [5.41, 5.74) is 1.49. The minimum Gasteiger partial charge on any atom is -0.373 e. The Bertz CT molecular complexity index is 823. The number of nitrogens with zero attached hydrogens (tertiary/aromatic N) is 2. The van der Waals surface area contributed by atoms with Crippen molar-refractivity contribution in [2.45, 2.75) is 11.8 Å². The van der Waals surface area contributed by atoms with Gasteiger partial charge in [0.25, 0.3) is 10.0 Å². The van der Waals surface area contributed by atoms with Gasteiger partial charge in [-0.15, -0.1) is 0 Å². The number of benzene rings is 2. The van der Waals surface area contributed by atoms with E-state index in [4.69, 9.17) is 0 Å². The van der Waals surface area contributed by atoms with Crippen LogP contribution in [0, 0.1) is 11.7 Å². The van der Waals surface area contributed by atoms with Crippen molar-refractivity contribution in [3.05, 3.63) is 54.3 Å². The molecule has 1 heterocycles. The lowest BCUT2D eigenvalue weighted by Gasteiger charge is -2.26. The second-order valence-corrected chi connectivity index (χ2v) is 7.83. The first-order chi connectivity index (χ1) is 10.9. The van der Waals surface area contributed by atoms with E-state index >= 15 is 0 Å². The molecule has 0 saturated heterocycles. The molecule has 2 aromatic rings. The van der Waals surface area contributed by atoms with Crippen LogP contribution in [0.25, 0.3) is 0 Å². The maximum absolute atomic E-state index is 13.5. The second-order valence-electron chi connectivity index (χ2n) is 5.97. The zero-order chi connectivity index (χ0) is 16.6. The van der Waals surface area contributed by atoms with Crippen molar-refractivity contribution >= 4 is 21.4 Å². The van der Waals surface area contributed by atoms with E-state index in [1.54, 1.807) is 6.07 Å². The summed E-state index contributed by atoms with van der Waals surface area (Å²) < 4.78 is 41.0. The van der Waals surface area contributed by atoms with Gasteiger partial charge in [0.2, 0.25) is 0 Å². The number of halogens is 1. The van der Waals surface area contributed by atoms with E-state index in [1.807, 2.05) is 32.2 Å². The molecule has 4 nitrogen and oxygen atoms in total. The van der Waals surface area contributed by atoms with Crippen LogP contribution in [-0.2, 0) is 10.0 Å². The average Bonchev–Trinajstić information content (AvgIpc) is 2.64. The van der Waals surface area contributed by atoms with Gasteiger partial charge in [-0.05, 0) is 36.2 Å². The molecule has 122 valence electrons.